The van der Waals surface area contributed by atoms with E-state index in [-0.39, 0.29) is 12.1 Å². The largest absolute Gasteiger partial charge is 0.383 e. The summed E-state index contributed by atoms with van der Waals surface area (Å²) in [5, 5.41) is 6.45. The van der Waals surface area contributed by atoms with Crippen molar-refractivity contribution in [3.8, 4) is 0 Å². The van der Waals surface area contributed by atoms with E-state index in [2.05, 4.69) is 20.3 Å². The molecule has 7 nitrogen and oxygen atoms in total. The van der Waals surface area contributed by atoms with Gasteiger partial charge < -0.3 is 15.4 Å². The highest BCUT2D eigenvalue weighted by atomic mass is 32.2. The fourth-order valence-corrected chi connectivity index (χ4v) is 3.58. The Kier molecular flexibility index (Phi) is 7.22. The van der Waals surface area contributed by atoms with Gasteiger partial charge in [-0.2, -0.15) is 0 Å². The monoisotopic (exact) mass is 368 g/mol. The summed E-state index contributed by atoms with van der Waals surface area (Å²) in [6.07, 6.45) is 1.85. The molecule has 1 fully saturated rings. The Hall–Kier alpha value is -1.64. The molecule has 0 aliphatic heterocycles. The molecule has 25 heavy (non-hydrogen) atoms. The predicted octanol–water partition coefficient (Wildman–Crippen LogP) is 1.22. The third kappa shape index (κ3) is 6.64. The summed E-state index contributed by atoms with van der Waals surface area (Å²) in [5.41, 5.74) is 0.946. The molecule has 0 amide bonds. The van der Waals surface area contributed by atoms with Gasteiger partial charge in [0.1, 0.15) is 0 Å². The molecule has 0 radical (unpaired) electrons. The van der Waals surface area contributed by atoms with Gasteiger partial charge in [-0.15, -0.1) is 0 Å². The van der Waals surface area contributed by atoms with Gasteiger partial charge >= 0.3 is 0 Å². The first-order chi connectivity index (χ1) is 11.9. The Morgan fingerprint density at radius 2 is 2.00 bits per heavy atom. The van der Waals surface area contributed by atoms with E-state index in [0.717, 1.165) is 24.9 Å². The third-order valence-corrected chi connectivity index (χ3v) is 5.23. The van der Waals surface area contributed by atoms with Crippen LogP contribution >= 0.6 is 0 Å². The Morgan fingerprint density at radius 1 is 1.32 bits per heavy atom. The average molecular weight is 369 g/mol. The summed E-state index contributed by atoms with van der Waals surface area (Å²) in [6.45, 7) is 5.83. The number of hydrogen-bond acceptors (Lipinski definition) is 4. The molecule has 1 atom stereocenters. The molecule has 0 heterocycles. The standard InChI is InChI=1S/C17H28N4O3S/c1-4-18-17(20-13(2)12-24-3)19-11-14-5-9-16(10-6-14)25(22,23)21-15-7-8-15/h5-6,9-10,13,15,21H,4,7-8,11-12H2,1-3H3,(H2,18,19,20). The Labute approximate surface area is 150 Å². The zero-order valence-electron chi connectivity index (χ0n) is 15.1. The first-order valence-electron chi connectivity index (χ1n) is 8.59. The molecular formula is C17H28N4O3S. The van der Waals surface area contributed by atoms with E-state index in [1.165, 1.54) is 0 Å². The number of guanidine groups is 1. The maximum Gasteiger partial charge on any atom is 0.240 e. The van der Waals surface area contributed by atoms with Crippen LogP contribution in [0.15, 0.2) is 34.2 Å². The van der Waals surface area contributed by atoms with E-state index in [9.17, 15) is 8.42 Å². The SMILES string of the molecule is CCNC(=NCc1ccc(S(=O)(=O)NC2CC2)cc1)NC(C)COC. The average Bonchev–Trinajstić information content (AvgIpc) is 3.37. The number of hydrogen-bond donors (Lipinski definition) is 3. The molecule has 8 heteroatoms. The maximum absolute atomic E-state index is 12.2. The van der Waals surface area contributed by atoms with Crippen molar-refractivity contribution >= 4 is 16.0 Å². The highest BCUT2D eigenvalue weighted by Gasteiger charge is 2.27. The van der Waals surface area contributed by atoms with Gasteiger partial charge in [-0.3, -0.25) is 0 Å². The van der Waals surface area contributed by atoms with Gasteiger partial charge in [0.25, 0.3) is 0 Å². The van der Waals surface area contributed by atoms with Crippen LogP contribution in [0.3, 0.4) is 0 Å². The third-order valence-electron chi connectivity index (χ3n) is 3.70. The zero-order valence-corrected chi connectivity index (χ0v) is 15.9. The van der Waals surface area contributed by atoms with E-state index < -0.39 is 10.0 Å². The summed E-state index contributed by atoms with van der Waals surface area (Å²) < 4.78 is 32.1. The van der Waals surface area contributed by atoms with Gasteiger partial charge in [0, 0.05) is 25.7 Å². The Balaban J connectivity index is 1.98. The molecule has 1 unspecified atom stereocenters. The second-order valence-corrected chi connectivity index (χ2v) is 7.95. The Morgan fingerprint density at radius 3 is 2.56 bits per heavy atom. The molecule has 1 saturated carbocycles. The highest BCUT2D eigenvalue weighted by Crippen LogP contribution is 2.22. The molecule has 0 bridgehead atoms. The van der Waals surface area contributed by atoms with Crippen LogP contribution in [0.5, 0.6) is 0 Å². The fourth-order valence-electron chi connectivity index (χ4n) is 2.28. The van der Waals surface area contributed by atoms with E-state index in [1.54, 1.807) is 31.4 Å². The molecule has 1 aromatic carbocycles. The maximum atomic E-state index is 12.2. The summed E-state index contributed by atoms with van der Waals surface area (Å²) >= 11 is 0. The summed E-state index contributed by atoms with van der Waals surface area (Å²) in [7, 11) is -1.74. The molecule has 0 spiro atoms. The van der Waals surface area contributed by atoms with Crippen molar-refractivity contribution < 1.29 is 13.2 Å². The van der Waals surface area contributed by atoms with Crippen LogP contribution in [0, 0.1) is 0 Å². The lowest BCUT2D eigenvalue weighted by atomic mass is 10.2. The summed E-state index contributed by atoms with van der Waals surface area (Å²) in [6, 6.07) is 7.11. The molecular weight excluding hydrogens is 340 g/mol. The molecule has 1 aromatic rings. The van der Waals surface area contributed by atoms with Crippen molar-refractivity contribution in [1.82, 2.24) is 15.4 Å². The predicted molar refractivity (Wildman–Crippen MR) is 99.1 cm³/mol. The number of aliphatic imine (C=N–C) groups is 1. The summed E-state index contributed by atoms with van der Waals surface area (Å²) in [4.78, 5) is 4.83. The molecule has 0 saturated heterocycles. The topological polar surface area (TPSA) is 91.8 Å². The van der Waals surface area contributed by atoms with Gasteiger partial charge in [0.15, 0.2) is 5.96 Å². The number of ether oxygens (including phenoxy) is 1. The molecule has 3 N–H and O–H groups in total. The van der Waals surface area contributed by atoms with Crippen molar-refractivity contribution in [2.45, 2.75) is 50.2 Å². The quantitative estimate of drug-likeness (QED) is 0.450. The van der Waals surface area contributed by atoms with Crippen molar-refractivity contribution in [2.24, 2.45) is 4.99 Å². The number of nitrogens with one attached hydrogen (secondary N) is 3. The minimum atomic E-state index is -3.40. The van der Waals surface area contributed by atoms with Crippen LogP contribution in [-0.2, 0) is 21.3 Å². The zero-order chi connectivity index (χ0) is 18.3. The lowest BCUT2D eigenvalue weighted by Crippen LogP contribution is -2.43. The first kappa shape index (κ1) is 19.7. The van der Waals surface area contributed by atoms with Crippen LogP contribution < -0.4 is 15.4 Å². The minimum absolute atomic E-state index is 0.108. The number of rotatable bonds is 9. The van der Waals surface area contributed by atoms with E-state index in [0.29, 0.717) is 24.0 Å². The second-order valence-electron chi connectivity index (χ2n) is 6.24. The molecule has 1 aliphatic rings. The number of methoxy groups -OCH3 is 1. The smallest absolute Gasteiger partial charge is 0.240 e. The summed E-state index contributed by atoms with van der Waals surface area (Å²) in [5.74, 6) is 0.708. The van der Waals surface area contributed by atoms with E-state index in [4.69, 9.17) is 4.74 Å². The lowest BCUT2D eigenvalue weighted by molar-refractivity contribution is 0.179. The van der Waals surface area contributed by atoms with Crippen molar-refractivity contribution in [3.63, 3.8) is 0 Å². The van der Waals surface area contributed by atoms with Gasteiger partial charge in [-0.25, -0.2) is 18.1 Å². The Bertz CT molecular complexity index is 670. The highest BCUT2D eigenvalue weighted by molar-refractivity contribution is 7.89. The van der Waals surface area contributed by atoms with Crippen molar-refractivity contribution in [3.05, 3.63) is 29.8 Å². The normalized spacial score (nSPS) is 16.5. The van der Waals surface area contributed by atoms with Gasteiger partial charge in [-0.1, -0.05) is 12.1 Å². The van der Waals surface area contributed by atoms with Crippen molar-refractivity contribution in [2.75, 3.05) is 20.3 Å². The van der Waals surface area contributed by atoms with Crippen LogP contribution in [0.25, 0.3) is 0 Å². The minimum Gasteiger partial charge on any atom is -0.383 e. The number of sulfonamides is 1. The second kappa shape index (κ2) is 9.17. The van der Waals surface area contributed by atoms with E-state index in [1.807, 2.05) is 13.8 Å². The van der Waals surface area contributed by atoms with Crippen LogP contribution in [0.2, 0.25) is 0 Å². The molecule has 0 aromatic heterocycles. The van der Waals surface area contributed by atoms with E-state index >= 15 is 0 Å². The van der Waals surface area contributed by atoms with Crippen LogP contribution in [0.4, 0.5) is 0 Å². The van der Waals surface area contributed by atoms with Gasteiger partial charge in [-0.05, 0) is 44.4 Å². The van der Waals surface area contributed by atoms with Gasteiger partial charge in [0.2, 0.25) is 10.0 Å². The van der Waals surface area contributed by atoms with Crippen molar-refractivity contribution in [1.29, 1.82) is 0 Å². The molecule has 2 rings (SSSR count). The van der Waals surface area contributed by atoms with Crippen LogP contribution in [-0.4, -0.2) is 46.7 Å². The van der Waals surface area contributed by atoms with Gasteiger partial charge in [0.05, 0.1) is 18.0 Å². The molecule has 1 aliphatic carbocycles. The number of benzene rings is 1. The lowest BCUT2D eigenvalue weighted by Gasteiger charge is -2.17. The molecule has 140 valence electrons. The number of nitrogens with zero attached hydrogens (tertiary/aromatic N) is 1. The van der Waals surface area contributed by atoms with Crippen LogP contribution in [0.1, 0.15) is 32.3 Å². The first-order valence-corrected chi connectivity index (χ1v) is 10.1. The fraction of sp³-hybridized carbons (Fsp3) is 0.588.